The van der Waals surface area contributed by atoms with E-state index in [4.69, 9.17) is 4.74 Å². The van der Waals surface area contributed by atoms with Gasteiger partial charge in [0.25, 0.3) is 0 Å². The Bertz CT molecular complexity index is 381. The zero-order chi connectivity index (χ0) is 13.0. The third-order valence-electron chi connectivity index (χ3n) is 2.39. The topological polar surface area (TPSA) is 78.9 Å². The van der Waals surface area contributed by atoms with Gasteiger partial charge in [-0.15, -0.1) is 0 Å². The zero-order valence-electron chi connectivity index (χ0n) is 9.94. The summed E-state index contributed by atoms with van der Waals surface area (Å²) in [5.74, 6) is -1.90. The van der Waals surface area contributed by atoms with Gasteiger partial charge in [0.1, 0.15) is 6.10 Å². The van der Waals surface area contributed by atoms with E-state index in [1.807, 2.05) is 0 Å². The van der Waals surface area contributed by atoms with Crippen molar-refractivity contribution in [2.24, 2.45) is 0 Å². The molecule has 0 aromatic rings. The van der Waals surface area contributed by atoms with Crippen LogP contribution in [0.4, 0.5) is 0 Å². The molecule has 1 unspecified atom stereocenters. The summed E-state index contributed by atoms with van der Waals surface area (Å²) < 4.78 is 13.9. The molecule has 0 bridgehead atoms. The molecule has 17 heavy (non-hydrogen) atoms. The molecule has 1 aliphatic rings. The van der Waals surface area contributed by atoms with Crippen LogP contribution in [0.1, 0.15) is 19.8 Å². The van der Waals surface area contributed by atoms with Crippen molar-refractivity contribution < 1.29 is 28.6 Å². The molecule has 0 aliphatic carbocycles. The summed E-state index contributed by atoms with van der Waals surface area (Å²) >= 11 is 0. The lowest BCUT2D eigenvalue weighted by Crippen LogP contribution is -2.15. The van der Waals surface area contributed by atoms with Crippen LogP contribution in [0.25, 0.3) is 0 Å². The van der Waals surface area contributed by atoms with Crippen molar-refractivity contribution in [1.82, 2.24) is 0 Å². The second-order valence-electron chi connectivity index (χ2n) is 3.62. The van der Waals surface area contributed by atoms with Gasteiger partial charge in [0, 0.05) is 6.42 Å². The third-order valence-corrected chi connectivity index (χ3v) is 2.39. The van der Waals surface area contributed by atoms with Gasteiger partial charge in [0.05, 0.1) is 31.8 Å². The third kappa shape index (κ3) is 3.05. The number of hydrogen-bond donors (Lipinski definition) is 0. The quantitative estimate of drug-likeness (QED) is 0.404. The lowest BCUT2D eigenvalue weighted by Gasteiger charge is -2.06. The average Bonchev–Trinajstić information content (AvgIpc) is 2.63. The van der Waals surface area contributed by atoms with Crippen molar-refractivity contribution >= 4 is 17.9 Å². The molecule has 1 atom stereocenters. The second kappa shape index (κ2) is 5.47. The minimum Gasteiger partial charge on any atom is -0.469 e. The number of rotatable bonds is 3. The van der Waals surface area contributed by atoms with E-state index in [2.05, 4.69) is 9.47 Å². The zero-order valence-corrected chi connectivity index (χ0v) is 9.94. The number of cyclic esters (lactones) is 1. The highest BCUT2D eigenvalue weighted by Gasteiger charge is 2.32. The van der Waals surface area contributed by atoms with Crippen LogP contribution >= 0.6 is 0 Å². The van der Waals surface area contributed by atoms with E-state index in [-0.39, 0.29) is 23.7 Å². The van der Waals surface area contributed by atoms with Gasteiger partial charge in [-0.3, -0.25) is 4.79 Å². The van der Waals surface area contributed by atoms with Gasteiger partial charge in [-0.1, -0.05) is 0 Å². The van der Waals surface area contributed by atoms with Crippen LogP contribution in [0.15, 0.2) is 11.1 Å². The van der Waals surface area contributed by atoms with E-state index in [0.717, 1.165) is 0 Å². The molecule has 0 radical (unpaired) electrons. The molecule has 0 spiro atoms. The van der Waals surface area contributed by atoms with Gasteiger partial charge in [-0.05, 0) is 6.92 Å². The van der Waals surface area contributed by atoms with E-state index in [9.17, 15) is 14.4 Å². The SMILES string of the molecule is COC(=O)C/C(C(=O)OC)=C1/CC(C)OC1=O. The van der Waals surface area contributed by atoms with Gasteiger partial charge in [0.2, 0.25) is 0 Å². The molecule has 1 heterocycles. The summed E-state index contributed by atoms with van der Waals surface area (Å²) in [5, 5.41) is 0. The first-order valence-corrected chi connectivity index (χ1v) is 5.07. The molecule has 1 aliphatic heterocycles. The Kier molecular flexibility index (Phi) is 4.25. The standard InChI is InChI=1S/C11H14O6/c1-6-4-7(11(14)17-6)8(10(13)16-3)5-9(12)15-2/h6H,4-5H2,1-3H3/b8-7+. The van der Waals surface area contributed by atoms with Gasteiger partial charge >= 0.3 is 17.9 Å². The molecule has 0 saturated carbocycles. The maximum Gasteiger partial charge on any atom is 0.334 e. The number of hydrogen-bond acceptors (Lipinski definition) is 6. The average molecular weight is 242 g/mol. The molecule has 1 saturated heterocycles. The predicted octanol–water partition coefficient (Wildman–Crippen LogP) is 0.354. The van der Waals surface area contributed by atoms with Crippen molar-refractivity contribution in [1.29, 1.82) is 0 Å². The lowest BCUT2D eigenvalue weighted by atomic mass is 10.0. The molecule has 1 fully saturated rings. The Morgan fingerprint density at radius 3 is 2.41 bits per heavy atom. The van der Waals surface area contributed by atoms with Crippen LogP contribution in [-0.2, 0) is 28.6 Å². The molecular formula is C11H14O6. The molecule has 0 N–H and O–H groups in total. The summed E-state index contributed by atoms with van der Waals surface area (Å²) in [4.78, 5) is 34.2. The molecular weight excluding hydrogens is 228 g/mol. The second-order valence-corrected chi connectivity index (χ2v) is 3.62. The molecule has 94 valence electrons. The summed E-state index contributed by atoms with van der Waals surface area (Å²) in [6.07, 6.45) is -0.296. The first-order valence-electron chi connectivity index (χ1n) is 5.07. The van der Waals surface area contributed by atoms with Gasteiger partial charge in [-0.2, -0.15) is 0 Å². The van der Waals surface area contributed by atoms with Gasteiger partial charge < -0.3 is 14.2 Å². The Labute approximate surface area is 98.5 Å². The Morgan fingerprint density at radius 1 is 1.35 bits per heavy atom. The van der Waals surface area contributed by atoms with Crippen LogP contribution in [0.3, 0.4) is 0 Å². The number of carbonyl (C=O) groups excluding carboxylic acids is 3. The Morgan fingerprint density at radius 2 is 2.00 bits per heavy atom. The Balaban J connectivity index is 3.04. The smallest absolute Gasteiger partial charge is 0.334 e. The van der Waals surface area contributed by atoms with Crippen LogP contribution in [0.5, 0.6) is 0 Å². The monoisotopic (exact) mass is 242 g/mol. The first-order chi connectivity index (χ1) is 7.99. The number of ether oxygens (including phenoxy) is 3. The highest BCUT2D eigenvalue weighted by Crippen LogP contribution is 2.25. The summed E-state index contributed by atoms with van der Waals surface area (Å²) in [5.41, 5.74) is 0.198. The number of esters is 3. The van der Waals surface area contributed by atoms with E-state index < -0.39 is 17.9 Å². The Hall–Kier alpha value is -1.85. The highest BCUT2D eigenvalue weighted by molar-refractivity contribution is 6.03. The largest absolute Gasteiger partial charge is 0.469 e. The number of methoxy groups -OCH3 is 2. The maximum absolute atomic E-state index is 11.5. The predicted molar refractivity (Wildman–Crippen MR) is 55.8 cm³/mol. The summed E-state index contributed by atoms with van der Waals surface area (Å²) in [7, 11) is 2.39. The van der Waals surface area contributed by atoms with Gasteiger partial charge in [-0.25, -0.2) is 9.59 Å². The minimum atomic E-state index is -0.712. The van der Waals surface area contributed by atoms with Crippen LogP contribution in [-0.4, -0.2) is 38.2 Å². The maximum atomic E-state index is 11.5. The van der Waals surface area contributed by atoms with Crippen LogP contribution in [0, 0.1) is 0 Å². The fourth-order valence-electron chi connectivity index (χ4n) is 1.55. The molecule has 0 amide bonds. The highest BCUT2D eigenvalue weighted by atomic mass is 16.6. The molecule has 0 aromatic heterocycles. The normalized spacial score (nSPS) is 21.8. The number of carbonyl (C=O) groups is 3. The lowest BCUT2D eigenvalue weighted by molar-refractivity contribution is -0.143. The minimum absolute atomic E-state index is 0.00806. The summed E-state index contributed by atoms with van der Waals surface area (Å²) in [6, 6.07) is 0. The van der Waals surface area contributed by atoms with Crippen LogP contribution < -0.4 is 0 Å². The fourth-order valence-corrected chi connectivity index (χ4v) is 1.55. The van der Waals surface area contributed by atoms with Crippen molar-refractivity contribution in [2.75, 3.05) is 14.2 Å². The summed E-state index contributed by atoms with van der Waals surface area (Å²) in [6.45, 7) is 1.71. The molecule has 6 heteroatoms. The van der Waals surface area contributed by atoms with Gasteiger partial charge in [0.15, 0.2) is 0 Å². The van der Waals surface area contributed by atoms with E-state index in [1.165, 1.54) is 14.2 Å². The fraction of sp³-hybridized carbons (Fsp3) is 0.545. The van der Waals surface area contributed by atoms with E-state index >= 15 is 0 Å². The van der Waals surface area contributed by atoms with Crippen molar-refractivity contribution in [3.8, 4) is 0 Å². The molecule has 0 aromatic carbocycles. The van der Waals surface area contributed by atoms with Crippen molar-refractivity contribution in [2.45, 2.75) is 25.9 Å². The van der Waals surface area contributed by atoms with Crippen molar-refractivity contribution in [3.63, 3.8) is 0 Å². The molecule has 1 rings (SSSR count). The van der Waals surface area contributed by atoms with Crippen LogP contribution in [0.2, 0.25) is 0 Å². The van der Waals surface area contributed by atoms with E-state index in [0.29, 0.717) is 6.42 Å². The molecule has 6 nitrogen and oxygen atoms in total. The van der Waals surface area contributed by atoms with E-state index in [1.54, 1.807) is 6.92 Å². The first kappa shape index (κ1) is 13.2. The van der Waals surface area contributed by atoms with Crippen molar-refractivity contribution in [3.05, 3.63) is 11.1 Å².